The van der Waals surface area contributed by atoms with Crippen molar-refractivity contribution in [3.8, 4) is 11.4 Å². The van der Waals surface area contributed by atoms with Crippen molar-refractivity contribution in [1.82, 2.24) is 19.3 Å². The number of rotatable bonds is 7. The molecule has 0 bridgehead atoms. The Morgan fingerprint density at radius 1 is 1.13 bits per heavy atom. The van der Waals surface area contributed by atoms with Crippen LogP contribution in [0.4, 0.5) is 5.69 Å². The second kappa shape index (κ2) is 8.43. The normalized spacial score (nSPS) is 12.0. The van der Waals surface area contributed by atoms with Gasteiger partial charge < -0.3 is 14.6 Å². The van der Waals surface area contributed by atoms with E-state index in [4.69, 9.17) is 4.74 Å². The van der Waals surface area contributed by atoms with E-state index in [0.29, 0.717) is 23.4 Å². The Bertz CT molecular complexity index is 1240. The molecule has 0 fully saturated rings. The van der Waals surface area contributed by atoms with E-state index in [2.05, 4.69) is 15.5 Å². The fourth-order valence-corrected chi connectivity index (χ4v) is 3.76. The number of ether oxygens (including phenoxy) is 1. The maximum absolute atomic E-state index is 13.3. The van der Waals surface area contributed by atoms with E-state index >= 15 is 0 Å². The minimum Gasteiger partial charge on any atom is -0.495 e. The van der Waals surface area contributed by atoms with Crippen LogP contribution in [-0.2, 0) is 4.79 Å². The minimum absolute atomic E-state index is 0.0338. The number of methoxy groups -OCH3 is 1. The summed E-state index contributed by atoms with van der Waals surface area (Å²) in [4.78, 5) is 25.5. The summed E-state index contributed by atoms with van der Waals surface area (Å²) in [7, 11) is 1.55. The second-order valence-corrected chi connectivity index (χ2v) is 7.19. The molecule has 8 nitrogen and oxygen atoms in total. The summed E-state index contributed by atoms with van der Waals surface area (Å²) in [5.74, 6) is 0.313. The number of amides is 1. The molecule has 4 rings (SSSR count). The first kappa shape index (κ1) is 20.3. The molecule has 0 spiro atoms. The van der Waals surface area contributed by atoms with Gasteiger partial charge in [-0.05, 0) is 37.6 Å². The predicted octanol–water partition coefficient (Wildman–Crippen LogP) is 4.02. The van der Waals surface area contributed by atoms with E-state index in [9.17, 15) is 9.59 Å². The van der Waals surface area contributed by atoms with Crippen molar-refractivity contribution in [2.24, 2.45) is 0 Å². The number of nitrogens with one attached hydrogen (secondary N) is 1. The number of carbonyl (C=O) groups excluding carboxylic acids is 2. The van der Waals surface area contributed by atoms with Crippen LogP contribution in [0.5, 0.6) is 5.75 Å². The van der Waals surface area contributed by atoms with Crippen LogP contribution in [0.25, 0.3) is 16.6 Å². The lowest BCUT2D eigenvalue weighted by Crippen LogP contribution is -2.25. The van der Waals surface area contributed by atoms with Crippen LogP contribution < -0.4 is 10.1 Å². The molecule has 1 N–H and O–H groups in total. The van der Waals surface area contributed by atoms with Gasteiger partial charge in [-0.3, -0.25) is 14.2 Å². The van der Waals surface area contributed by atoms with Crippen molar-refractivity contribution in [2.75, 3.05) is 12.4 Å². The van der Waals surface area contributed by atoms with Gasteiger partial charge in [-0.25, -0.2) is 0 Å². The van der Waals surface area contributed by atoms with Gasteiger partial charge in [-0.1, -0.05) is 25.1 Å². The third kappa shape index (κ3) is 3.79. The molecule has 0 aliphatic carbocycles. The summed E-state index contributed by atoms with van der Waals surface area (Å²) in [6.07, 6.45) is 5.48. The third-order valence-corrected chi connectivity index (χ3v) is 5.30. The zero-order valence-electron chi connectivity index (χ0n) is 17.6. The Morgan fingerprint density at radius 3 is 2.55 bits per heavy atom. The highest BCUT2D eigenvalue weighted by Gasteiger charge is 2.23. The number of nitrogens with zero attached hydrogens (tertiary/aromatic N) is 4. The van der Waals surface area contributed by atoms with Gasteiger partial charge in [-0.2, -0.15) is 0 Å². The summed E-state index contributed by atoms with van der Waals surface area (Å²) < 4.78 is 9.05. The second-order valence-electron chi connectivity index (χ2n) is 7.19. The third-order valence-electron chi connectivity index (χ3n) is 5.30. The highest BCUT2D eigenvalue weighted by Crippen LogP contribution is 2.30. The molecular formula is C23H23N5O3. The first-order valence-corrected chi connectivity index (χ1v) is 9.98. The quantitative estimate of drug-likeness (QED) is 0.459. The van der Waals surface area contributed by atoms with Crippen LogP contribution in [0, 0.1) is 0 Å². The molecule has 1 unspecified atom stereocenters. The van der Waals surface area contributed by atoms with Gasteiger partial charge in [0, 0.05) is 22.7 Å². The van der Waals surface area contributed by atoms with Gasteiger partial charge in [0.25, 0.3) is 0 Å². The van der Waals surface area contributed by atoms with Crippen LogP contribution in [0.2, 0.25) is 0 Å². The van der Waals surface area contributed by atoms with E-state index in [1.165, 1.54) is 6.92 Å². The van der Waals surface area contributed by atoms with Crippen molar-refractivity contribution >= 4 is 28.3 Å². The van der Waals surface area contributed by atoms with Crippen LogP contribution in [0.3, 0.4) is 0 Å². The standard InChI is InChI=1S/C23H23N5O3/c1-4-20(28-12-18(15(2)29)17-7-5-6-8-21(17)28)23(30)26-19-11-16(9-10-22(19)31-3)27-13-24-25-14-27/h5-14,20H,4H2,1-3H3,(H,26,30). The lowest BCUT2D eigenvalue weighted by atomic mass is 10.1. The van der Waals surface area contributed by atoms with E-state index < -0.39 is 6.04 Å². The zero-order chi connectivity index (χ0) is 22.0. The Hall–Kier alpha value is -3.94. The molecule has 0 saturated carbocycles. The number of fused-ring (bicyclic) bond motifs is 1. The molecule has 0 saturated heterocycles. The van der Waals surface area contributed by atoms with E-state index in [1.54, 1.807) is 36.6 Å². The number of hydrogen-bond donors (Lipinski definition) is 1. The van der Waals surface area contributed by atoms with Gasteiger partial charge in [0.2, 0.25) is 5.91 Å². The van der Waals surface area contributed by atoms with Crippen LogP contribution in [0.15, 0.2) is 61.3 Å². The Labute approximate surface area is 179 Å². The molecule has 0 aliphatic heterocycles. The molecule has 8 heteroatoms. The van der Waals surface area contributed by atoms with Crippen molar-refractivity contribution in [2.45, 2.75) is 26.3 Å². The first-order valence-electron chi connectivity index (χ1n) is 9.98. The highest BCUT2D eigenvalue weighted by molar-refractivity contribution is 6.07. The molecule has 4 aromatic rings. The Kier molecular flexibility index (Phi) is 5.53. The monoisotopic (exact) mass is 417 g/mol. The summed E-state index contributed by atoms with van der Waals surface area (Å²) in [6.45, 7) is 3.48. The molecule has 0 radical (unpaired) electrons. The fourth-order valence-electron chi connectivity index (χ4n) is 3.76. The SMILES string of the molecule is CCC(C(=O)Nc1cc(-n2cnnc2)ccc1OC)n1cc(C(C)=O)c2ccccc21. The topological polar surface area (TPSA) is 91.0 Å². The average Bonchev–Trinajstić information content (AvgIpc) is 3.43. The molecule has 1 atom stereocenters. The molecule has 0 aliphatic rings. The van der Waals surface area contributed by atoms with Crippen LogP contribution >= 0.6 is 0 Å². The van der Waals surface area contributed by atoms with E-state index in [-0.39, 0.29) is 11.7 Å². The predicted molar refractivity (Wildman–Crippen MR) is 118 cm³/mol. The summed E-state index contributed by atoms with van der Waals surface area (Å²) in [5.41, 5.74) is 2.79. The average molecular weight is 417 g/mol. The molecular weight excluding hydrogens is 394 g/mol. The molecule has 2 heterocycles. The van der Waals surface area contributed by atoms with Crippen LogP contribution in [-0.4, -0.2) is 38.1 Å². The lowest BCUT2D eigenvalue weighted by Gasteiger charge is -2.19. The van der Waals surface area contributed by atoms with Gasteiger partial charge >= 0.3 is 0 Å². The van der Waals surface area contributed by atoms with E-state index in [1.807, 2.05) is 47.9 Å². The molecule has 158 valence electrons. The summed E-state index contributed by atoms with van der Waals surface area (Å²) in [6, 6.07) is 12.6. The van der Waals surface area contributed by atoms with Gasteiger partial charge in [0.05, 0.1) is 18.5 Å². The maximum Gasteiger partial charge on any atom is 0.247 e. The Morgan fingerprint density at radius 2 is 1.87 bits per heavy atom. The Balaban J connectivity index is 1.71. The van der Waals surface area contributed by atoms with Crippen LogP contribution in [0.1, 0.15) is 36.7 Å². The zero-order valence-corrected chi connectivity index (χ0v) is 17.6. The number of aromatic nitrogens is 4. The molecule has 31 heavy (non-hydrogen) atoms. The lowest BCUT2D eigenvalue weighted by molar-refractivity contribution is -0.119. The number of benzene rings is 2. The van der Waals surface area contributed by atoms with Gasteiger partial charge in [-0.15, -0.1) is 10.2 Å². The van der Waals surface area contributed by atoms with Crippen molar-refractivity contribution in [3.63, 3.8) is 0 Å². The first-order chi connectivity index (χ1) is 15.0. The highest BCUT2D eigenvalue weighted by atomic mass is 16.5. The summed E-state index contributed by atoms with van der Waals surface area (Å²) in [5, 5.41) is 11.5. The van der Waals surface area contributed by atoms with Crippen molar-refractivity contribution in [3.05, 3.63) is 66.9 Å². The van der Waals surface area contributed by atoms with Gasteiger partial charge in [0.1, 0.15) is 24.4 Å². The van der Waals surface area contributed by atoms with Crippen molar-refractivity contribution in [1.29, 1.82) is 0 Å². The molecule has 1 amide bonds. The number of anilines is 1. The molecule has 2 aromatic carbocycles. The number of carbonyl (C=O) groups is 2. The number of hydrogen-bond acceptors (Lipinski definition) is 5. The maximum atomic E-state index is 13.3. The number of ketones is 1. The number of para-hydroxylation sites is 1. The number of Topliss-reactive ketones (excluding diaryl/α,β-unsaturated/α-hetero) is 1. The minimum atomic E-state index is -0.499. The smallest absolute Gasteiger partial charge is 0.247 e. The fraction of sp³-hybridized carbons (Fsp3) is 0.217. The van der Waals surface area contributed by atoms with Crippen molar-refractivity contribution < 1.29 is 14.3 Å². The van der Waals surface area contributed by atoms with E-state index in [0.717, 1.165) is 16.6 Å². The largest absolute Gasteiger partial charge is 0.495 e. The molecule has 2 aromatic heterocycles. The summed E-state index contributed by atoms with van der Waals surface area (Å²) >= 11 is 0. The van der Waals surface area contributed by atoms with Gasteiger partial charge in [0.15, 0.2) is 5.78 Å².